The first-order valence-corrected chi connectivity index (χ1v) is 5.84. The normalized spacial score (nSPS) is 9.95. The Bertz CT molecular complexity index is 608. The molecular weight excluding hydrogens is 263 g/mol. The standard InChI is InChI=1S/C15H13FO4/c1-18-13-8-3-10(9-14(13)19-2)15(17)20-12-6-4-11(16)5-7-12/h3-9H,1-2H3. The number of ether oxygens (including phenoxy) is 3. The lowest BCUT2D eigenvalue weighted by molar-refractivity contribution is 0.0734. The van der Waals surface area contributed by atoms with E-state index in [2.05, 4.69) is 0 Å². The highest BCUT2D eigenvalue weighted by Crippen LogP contribution is 2.28. The van der Waals surface area contributed by atoms with Gasteiger partial charge in [0.1, 0.15) is 11.6 Å². The lowest BCUT2D eigenvalue weighted by Crippen LogP contribution is -2.08. The van der Waals surface area contributed by atoms with Crippen LogP contribution in [0.5, 0.6) is 17.2 Å². The summed E-state index contributed by atoms with van der Waals surface area (Å²) in [5, 5.41) is 0. The van der Waals surface area contributed by atoms with Crippen LogP contribution >= 0.6 is 0 Å². The van der Waals surface area contributed by atoms with Crippen LogP contribution in [0.25, 0.3) is 0 Å². The Morgan fingerprint density at radius 2 is 1.60 bits per heavy atom. The lowest BCUT2D eigenvalue weighted by Gasteiger charge is -2.09. The van der Waals surface area contributed by atoms with Gasteiger partial charge >= 0.3 is 5.97 Å². The van der Waals surface area contributed by atoms with E-state index >= 15 is 0 Å². The Balaban J connectivity index is 2.18. The fourth-order valence-electron chi connectivity index (χ4n) is 1.63. The third-order valence-corrected chi connectivity index (χ3v) is 2.64. The molecule has 2 aromatic rings. The minimum Gasteiger partial charge on any atom is -0.493 e. The van der Waals surface area contributed by atoms with E-state index in [0.717, 1.165) is 0 Å². The van der Waals surface area contributed by atoms with Crippen molar-refractivity contribution in [1.29, 1.82) is 0 Å². The largest absolute Gasteiger partial charge is 0.493 e. The Morgan fingerprint density at radius 3 is 2.20 bits per heavy atom. The third-order valence-electron chi connectivity index (χ3n) is 2.64. The highest BCUT2D eigenvalue weighted by Gasteiger charge is 2.12. The van der Waals surface area contributed by atoms with Gasteiger partial charge in [0.25, 0.3) is 0 Å². The molecule has 0 N–H and O–H groups in total. The molecule has 2 aromatic carbocycles. The zero-order chi connectivity index (χ0) is 14.5. The molecule has 0 fully saturated rings. The molecule has 2 rings (SSSR count). The molecule has 5 heteroatoms. The molecule has 0 heterocycles. The average Bonchev–Trinajstić information content (AvgIpc) is 2.48. The fourth-order valence-corrected chi connectivity index (χ4v) is 1.63. The number of esters is 1. The van der Waals surface area contributed by atoms with Crippen LogP contribution in [0, 0.1) is 5.82 Å². The van der Waals surface area contributed by atoms with Crippen LogP contribution in [-0.4, -0.2) is 20.2 Å². The lowest BCUT2D eigenvalue weighted by atomic mass is 10.2. The molecule has 0 radical (unpaired) electrons. The van der Waals surface area contributed by atoms with E-state index in [0.29, 0.717) is 17.1 Å². The monoisotopic (exact) mass is 276 g/mol. The van der Waals surface area contributed by atoms with Crippen LogP contribution in [0.3, 0.4) is 0 Å². The van der Waals surface area contributed by atoms with E-state index in [4.69, 9.17) is 14.2 Å². The van der Waals surface area contributed by atoms with Crippen molar-refractivity contribution in [3.63, 3.8) is 0 Å². The Kier molecular flexibility index (Phi) is 4.20. The summed E-state index contributed by atoms with van der Waals surface area (Å²) in [6.07, 6.45) is 0. The van der Waals surface area contributed by atoms with Gasteiger partial charge in [-0.05, 0) is 42.5 Å². The maximum Gasteiger partial charge on any atom is 0.343 e. The van der Waals surface area contributed by atoms with Gasteiger partial charge < -0.3 is 14.2 Å². The summed E-state index contributed by atoms with van der Waals surface area (Å²) in [4.78, 5) is 12.0. The summed E-state index contributed by atoms with van der Waals surface area (Å²) in [5.74, 6) is 0.270. The molecule has 0 amide bonds. The predicted octanol–water partition coefficient (Wildman–Crippen LogP) is 3.06. The van der Waals surface area contributed by atoms with Gasteiger partial charge in [-0.2, -0.15) is 0 Å². The predicted molar refractivity (Wildman–Crippen MR) is 70.9 cm³/mol. The van der Waals surface area contributed by atoms with Crippen LogP contribution in [0.4, 0.5) is 4.39 Å². The molecular formula is C15H13FO4. The van der Waals surface area contributed by atoms with E-state index < -0.39 is 11.8 Å². The van der Waals surface area contributed by atoms with Gasteiger partial charge in [0.15, 0.2) is 11.5 Å². The van der Waals surface area contributed by atoms with Gasteiger partial charge in [0.2, 0.25) is 0 Å². The maximum absolute atomic E-state index is 12.8. The SMILES string of the molecule is COc1ccc(C(=O)Oc2ccc(F)cc2)cc1OC. The topological polar surface area (TPSA) is 44.8 Å². The first-order chi connectivity index (χ1) is 9.63. The smallest absolute Gasteiger partial charge is 0.343 e. The number of halogens is 1. The van der Waals surface area contributed by atoms with Crippen molar-refractivity contribution in [1.82, 2.24) is 0 Å². The second-order valence-electron chi connectivity index (χ2n) is 3.91. The first kappa shape index (κ1) is 13.9. The van der Waals surface area contributed by atoms with Crippen molar-refractivity contribution in [3.05, 3.63) is 53.8 Å². The van der Waals surface area contributed by atoms with Crippen LogP contribution in [-0.2, 0) is 0 Å². The summed E-state index contributed by atoms with van der Waals surface area (Å²) < 4.78 is 28.1. The van der Waals surface area contributed by atoms with Gasteiger partial charge in [0.05, 0.1) is 19.8 Å². The maximum atomic E-state index is 12.8. The van der Waals surface area contributed by atoms with Crippen LogP contribution in [0.1, 0.15) is 10.4 Å². The molecule has 0 spiro atoms. The molecule has 104 valence electrons. The minimum atomic E-state index is -0.558. The van der Waals surface area contributed by atoms with Gasteiger partial charge in [-0.15, -0.1) is 0 Å². The summed E-state index contributed by atoms with van der Waals surface area (Å²) in [6, 6.07) is 9.90. The van der Waals surface area contributed by atoms with Crippen molar-refractivity contribution >= 4 is 5.97 Å². The highest BCUT2D eigenvalue weighted by atomic mass is 19.1. The zero-order valence-corrected chi connectivity index (χ0v) is 11.1. The van der Waals surface area contributed by atoms with E-state index in [1.165, 1.54) is 44.6 Å². The third kappa shape index (κ3) is 3.06. The van der Waals surface area contributed by atoms with Gasteiger partial charge in [-0.25, -0.2) is 9.18 Å². The second kappa shape index (κ2) is 6.06. The van der Waals surface area contributed by atoms with E-state index in [9.17, 15) is 9.18 Å². The molecule has 0 aromatic heterocycles. The average molecular weight is 276 g/mol. The molecule has 0 saturated carbocycles. The molecule has 0 atom stereocenters. The number of carbonyl (C=O) groups excluding carboxylic acids is 1. The zero-order valence-electron chi connectivity index (χ0n) is 11.1. The number of hydrogen-bond acceptors (Lipinski definition) is 4. The molecule has 0 aliphatic carbocycles. The number of carbonyl (C=O) groups is 1. The summed E-state index contributed by atoms with van der Waals surface area (Å²) in [7, 11) is 2.99. The minimum absolute atomic E-state index is 0.270. The Morgan fingerprint density at radius 1 is 0.950 bits per heavy atom. The van der Waals surface area contributed by atoms with Crippen molar-refractivity contribution in [3.8, 4) is 17.2 Å². The first-order valence-electron chi connectivity index (χ1n) is 5.84. The summed E-state index contributed by atoms with van der Waals surface area (Å²) in [5.41, 5.74) is 0.312. The quantitative estimate of drug-likeness (QED) is 0.636. The molecule has 4 nitrogen and oxygen atoms in total. The molecule has 0 unspecified atom stereocenters. The van der Waals surface area contributed by atoms with E-state index in [1.54, 1.807) is 12.1 Å². The summed E-state index contributed by atoms with van der Waals surface area (Å²) >= 11 is 0. The van der Waals surface area contributed by atoms with E-state index in [-0.39, 0.29) is 5.75 Å². The number of hydrogen-bond donors (Lipinski definition) is 0. The van der Waals surface area contributed by atoms with Crippen LogP contribution in [0.15, 0.2) is 42.5 Å². The van der Waals surface area contributed by atoms with E-state index in [1.807, 2.05) is 0 Å². The second-order valence-corrected chi connectivity index (χ2v) is 3.91. The van der Waals surface area contributed by atoms with Crippen molar-refractivity contribution < 1.29 is 23.4 Å². The Hall–Kier alpha value is -2.56. The highest BCUT2D eigenvalue weighted by molar-refractivity contribution is 5.91. The van der Waals surface area contributed by atoms with Crippen molar-refractivity contribution in [2.24, 2.45) is 0 Å². The summed E-state index contributed by atoms with van der Waals surface area (Å²) in [6.45, 7) is 0. The number of methoxy groups -OCH3 is 2. The fraction of sp³-hybridized carbons (Fsp3) is 0.133. The van der Waals surface area contributed by atoms with Crippen LogP contribution in [0.2, 0.25) is 0 Å². The van der Waals surface area contributed by atoms with Gasteiger partial charge in [0, 0.05) is 0 Å². The molecule has 0 aliphatic heterocycles. The number of rotatable bonds is 4. The van der Waals surface area contributed by atoms with Crippen molar-refractivity contribution in [2.45, 2.75) is 0 Å². The van der Waals surface area contributed by atoms with Crippen molar-refractivity contribution in [2.75, 3.05) is 14.2 Å². The van der Waals surface area contributed by atoms with Gasteiger partial charge in [-0.1, -0.05) is 0 Å². The molecule has 0 bridgehead atoms. The molecule has 0 saturated heterocycles. The Labute approximate surface area is 115 Å². The van der Waals surface area contributed by atoms with Crippen LogP contribution < -0.4 is 14.2 Å². The van der Waals surface area contributed by atoms with Gasteiger partial charge in [-0.3, -0.25) is 0 Å². The molecule has 20 heavy (non-hydrogen) atoms. The molecule has 0 aliphatic rings. The number of benzene rings is 2.